The number of aryl methyl sites for hydroxylation is 1. The molecule has 1 amide bonds. The minimum absolute atomic E-state index is 0.136. The summed E-state index contributed by atoms with van der Waals surface area (Å²) in [7, 11) is 0. The van der Waals surface area contributed by atoms with Gasteiger partial charge in [0.15, 0.2) is 5.82 Å². The molecule has 0 spiro atoms. The molecule has 10 heteroatoms. The van der Waals surface area contributed by atoms with E-state index in [1.54, 1.807) is 17.7 Å². The van der Waals surface area contributed by atoms with E-state index in [-0.39, 0.29) is 5.91 Å². The second kappa shape index (κ2) is 7.01. The lowest BCUT2D eigenvalue weighted by molar-refractivity contribution is -0.115. The Morgan fingerprint density at radius 3 is 3.15 bits per heavy atom. The van der Waals surface area contributed by atoms with Gasteiger partial charge in [0.2, 0.25) is 11.1 Å². The van der Waals surface area contributed by atoms with Crippen LogP contribution in [0.15, 0.2) is 15.7 Å². The monoisotopic (exact) mass is 297 g/mol. The maximum absolute atomic E-state index is 11.7. The zero-order valence-corrected chi connectivity index (χ0v) is 11.8. The van der Waals surface area contributed by atoms with Crippen molar-refractivity contribution in [2.45, 2.75) is 25.0 Å². The number of thioether (sulfide) groups is 1. The topological polar surface area (TPSA) is 125 Å². The molecule has 108 valence electrons. The number of nitrogens with zero attached hydrogens (tertiary/aromatic N) is 5. The average molecular weight is 297 g/mol. The van der Waals surface area contributed by atoms with E-state index < -0.39 is 0 Å². The van der Waals surface area contributed by atoms with Crippen molar-refractivity contribution in [1.82, 2.24) is 25.4 Å². The van der Waals surface area contributed by atoms with Gasteiger partial charge < -0.3 is 15.6 Å². The zero-order chi connectivity index (χ0) is 14.4. The van der Waals surface area contributed by atoms with E-state index in [2.05, 4.69) is 26.0 Å². The molecule has 0 saturated heterocycles. The molecular formula is C10H15N7O2S. The minimum atomic E-state index is -0.136. The summed E-state index contributed by atoms with van der Waals surface area (Å²) < 4.78 is 6.47. The second-order valence-corrected chi connectivity index (χ2v) is 5.00. The Morgan fingerprint density at radius 1 is 1.60 bits per heavy atom. The van der Waals surface area contributed by atoms with Gasteiger partial charge in [-0.1, -0.05) is 16.9 Å². The SMILES string of the molecule is Cc1cc(NC(=O)CCSc2nnnn2CCN)no1. The van der Waals surface area contributed by atoms with Crippen LogP contribution in [0.4, 0.5) is 5.82 Å². The summed E-state index contributed by atoms with van der Waals surface area (Å²) in [6.07, 6.45) is 0.325. The van der Waals surface area contributed by atoms with Crippen molar-refractivity contribution in [3.63, 3.8) is 0 Å². The maximum Gasteiger partial charge on any atom is 0.226 e. The molecule has 0 aliphatic rings. The molecule has 3 N–H and O–H groups in total. The molecule has 2 heterocycles. The normalized spacial score (nSPS) is 10.7. The number of aromatic nitrogens is 5. The Kier molecular flexibility index (Phi) is 5.07. The van der Waals surface area contributed by atoms with Gasteiger partial charge in [-0.3, -0.25) is 4.79 Å². The molecule has 0 bridgehead atoms. The van der Waals surface area contributed by atoms with Gasteiger partial charge in [0.1, 0.15) is 5.76 Å². The molecule has 0 radical (unpaired) electrons. The highest BCUT2D eigenvalue weighted by Gasteiger charge is 2.09. The third kappa shape index (κ3) is 4.03. The third-order valence-corrected chi connectivity index (χ3v) is 3.25. The predicted molar refractivity (Wildman–Crippen MR) is 72.1 cm³/mol. The highest BCUT2D eigenvalue weighted by molar-refractivity contribution is 7.99. The molecule has 0 saturated carbocycles. The third-order valence-electron chi connectivity index (χ3n) is 2.30. The predicted octanol–water partition coefficient (Wildman–Crippen LogP) is 0.0491. The van der Waals surface area contributed by atoms with E-state index in [9.17, 15) is 4.79 Å². The summed E-state index contributed by atoms with van der Waals surface area (Å²) in [4.78, 5) is 11.7. The van der Waals surface area contributed by atoms with Gasteiger partial charge in [0.05, 0.1) is 6.54 Å². The zero-order valence-electron chi connectivity index (χ0n) is 10.9. The molecule has 2 rings (SSSR count). The fourth-order valence-electron chi connectivity index (χ4n) is 1.43. The molecule has 2 aromatic rings. The standard InChI is InChI=1S/C10H15N7O2S/c1-7-6-8(14-19-7)12-9(18)2-5-20-10-13-15-16-17(10)4-3-11/h6H,2-5,11H2,1H3,(H,12,14,18). The lowest BCUT2D eigenvalue weighted by Crippen LogP contribution is -2.14. The van der Waals surface area contributed by atoms with Crippen LogP contribution in [0.2, 0.25) is 0 Å². The molecule has 0 aliphatic heterocycles. The van der Waals surface area contributed by atoms with E-state index >= 15 is 0 Å². The number of tetrazole rings is 1. The number of carbonyl (C=O) groups is 1. The summed E-state index contributed by atoms with van der Waals surface area (Å²) >= 11 is 1.40. The van der Waals surface area contributed by atoms with Crippen molar-refractivity contribution in [2.75, 3.05) is 17.6 Å². The van der Waals surface area contributed by atoms with Crippen molar-refractivity contribution in [3.05, 3.63) is 11.8 Å². The number of nitrogens with two attached hydrogens (primary N) is 1. The number of nitrogens with one attached hydrogen (secondary N) is 1. The lowest BCUT2D eigenvalue weighted by Gasteiger charge is -2.02. The number of anilines is 1. The smallest absolute Gasteiger partial charge is 0.226 e. The Bertz CT molecular complexity index is 567. The van der Waals surface area contributed by atoms with Gasteiger partial charge in [-0.05, 0) is 17.4 Å². The number of rotatable bonds is 7. The van der Waals surface area contributed by atoms with Crippen LogP contribution < -0.4 is 11.1 Å². The molecule has 0 aromatic carbocycles. The number of hydrogen-bond acceptors (Lipinski definition) is 8. The van der Waals surface area contributed by atoms with E-state index in [0.717, 1.165) is 0 Å². The van der Waals surface area contributed by atoms with E-state index in [0.29, 0.717) is 42.0 Å². The quantitative estimate of drug-likeness (QED) is 0.687. The first-order valence-electron chi connectivity index (χ1n) is 6.01. The Labute approximate surface area is 119 Å². The highest BCUT2D eigenvalue weighted by Crippen LogP contribution is 2.15. The largest absolute Gasteiger partial charge is 0.360 e. The summed E-state index contributed by atoms with van der Waals surface area (Å²) in [5, 5.41) is 18.2. The van der Waals surface area contributed by atoms with Gasteiger partial charge in [0, 0.05) is 24.8 Å². The molecular weight excluding hydrogens is 282 g/mol. The first-order chi connectivity index (χ1) is 9.69. The van der Waals surface area contributed by atoms with Crippen LogP contribution in [0.25, 0.3) is 0 Å². The first-order valence-corrected chi connectivity index (χ1v) is 7.00. The summed E-state index contributed by atoms with van der Waals surface area (Å²) in [5.41, 5.74) is 5.45. The van der Waals surface area contributed by atoms with Crippen molar-refractivity contribution in [3.8, 4) is 0 Å². The van der Waals surface area contributed by atoms with Gasteiger partial charge >= 0.3 is 0 Å². The average Bonchev–Trinajstić information content (AvgIpc) is 3.00. The van der Waals surface area contributed by atoms with Gasteiger partial charge in [-0.15, -0.1) is 5.10 Å². The van der Waals surface area contributed by atoms with Crippen molar-refractivity contribution in [2.24, 2.45) is 5.73 Å². The van der Waals surface area contributed by atoms with Crippen LogP contribution in [0.5, 0.6) is 0 Å². The summed E-state index contributed by atoms with van der Waals surface area (Å²) in [6, 6.07) is 1.66. The second-order valence-electron chi connectivity index (χ2n) is 3.94. The molecule has 9 nitrogen and oxygen atoms in total. The Balaban J connectivity index is 1.75. The van der Waals surface area contributed by atoms with Crippen molar-refractivity contribution in [1.29, 1.82) is 0 Å². The Hall–Kier alpha value is -1.94. The molecule has 0 fully saturated rings. The van der Waals surface area contributed by atoms with Crippen molar-refractivity contribution < 1.29 is 9.32 Å². The maximum atomic E-state index is 11.7. The summed E-state index contributed by atoms with van der Waals surface area (Å²) in [6.45, 7) is 2.78. The van der Waals surface area contributed by atoms with Crippen LogP contribution >= 0.6 is 11.8 Å². The van der Waals surface area contributed by atoms with Gasteiger partial charge in [-0.25, -0.2) is 4.68 Å². The summed E-state index contributed by atoms with van der Waals surface area (Å²) in [5.74, 6) is 1.50. The fraction of sp³-hybridized carbons (Fsp3) is 0.500. The Morgan fingerprint density at radius 2 is 2.45 bits per heavy atom. The number of carbonyl (C=O) groups excluding carboxylic acids is 1. The lowest BCUT2D eigenvalue weighted by atomic mass is 10.4. The van der Waals surface area contributed by atoms with Gasteiger partial charge in [-0.2, -0.15) is 0 Å². The first kappa shape index (κ1) is 14.5. The van der Waals surface area contributed by atoms with Gasteiger partial charge in [0.25, 0.3) is 0 Å². The molecule has 2 aromatic heterocycles. The van der Waals surface area contributed by atoms with Crippen LogP contribution in [0, 0.1) is 6.92 Å². The molecule has 0 atom stereocenters. The van der Waals surface area contributed by atoms with E-state index in [1.807, 2.05) is 0 Å². The van der Waals surface area contributed by atoms with Crippen molar-refractivity contribution >= 4 is 23.5 Å². The van der Waals surface area contributed by atoms with E-state index in [1.165, 1.54) is 11.8 Å². The molecule has 0 aliphatic carbocycles. The van der Waals surface area contributed by atoms with E-state index in [4.69, 9.17) is 10.3 Å². The fourth-order valence-corrected chi connectivity index (χ4v) is 2.27. The van der Waals surface area contributed by atoms with Crippen LogP contribution in [-0.4, -0.2) is 43.6 Å². The van der Waals surface area contributed by atoms with Crippen LogP contribution in [-0.2, 0) is 11.3 Å². The molecule has 20 heavy (non-hydrogen) atoms. The number of hydrogen-bond donors (Lipinski definition) is 2. The molecule has 0 unspecified atom stereocenters. The number of amides is 1. The van der Waals surface area contributed by atoms with Crippen LogP contribution in [0.3, 0.4) is 0 Å². The minimum Gasteiger partial charge on any atom is -0.360 e. The van der Waals surface area contributed by atoms with Crippen LogP contribution in [0.1, 0.15) is 12.2 Å². The highest BCUT2D eigenvalue weighted by atomic mass is 32.2.